The lowest BCUT2D eigenvalue weighted by molar-refractivity contribution is 0.187. The lowest BCUT2D eigenvalue weighted by Gasteiger charge is -2.16. The van der Waals surface area contributed by atoms with Crippen molar-refractivity contribution in [3.8, 4) is 5.75 Å². The third-order valence-corrected chi connectivity index (χ3v) is 2.71. The van der Waals surface area contributed by atoms with E-state index in [4.69, 9.17) is 4.74 Å². The maximum Gasteiger partial charge on any atom is 0.138 e. The summed E-state index contributed by atoms with van der Waals surface area (Å²) in [5.74, 6) is 0.896. The predicted molar refractivity (Wildman–Crippen MR) is 60.1 cm³/mol. The molecule has 1 fully saturated rings. The first-order valence-corrected chi connectivity index (χ1v) is 5.64. The third-order valence-electron chi connectivity index (χ3n) is 2.71. The van der Waals surface area contributed by atoms with Gasteiger partial charge < -0.3 is 10.1 Å². The molecule has 1 aromatic heterocycles. The number of nitrogens with zero attached hydrogens (tertiary/aromatic N) is 1. The van der Waals surface area contributed by atoms with Gasteiger partial charge in [-0.15, -0.1) is 0 Å². The molecule has 3 nitrogen and oxygen atoms in total. The maximum absolute atomic E-state index is 5.89. The summed E-state index contributed by atoms with van der Waals surface area (Å²) in [6.07, 6.45) is 5.59. The fraction of sp³-hybridized carbons (Fsp3) is 0.583. The first-order valence-electron chi connectivity index (χ1n) is 5.64. The summed E-state index contributed by atoms with van der Waals surface area (Å²) in [6, 6.07) is 3.99. The number of nitrogens with one attached hydrogen (secondary N) is 1. The molecule has 0 bridgehead atoms. The highest BCUT2D eigenvalue weighted by atomic mass is 16.5. The smallest absolute Gasteiger partial charge is 0.138 e. The lowest BCUT2D eigenvalue weighted by Crippen LogP contribution is -2.19. The quantitative estimate of drug-likeness (QED) is 0.802. The zero-order chi connectivity index (χ0) is 10.5. The van der Waals surface area contributed by atoms with Crippen LogP contribution >= 0.6 is 0 Å². The van der Waals surface area contributed by atoms with Crippen molar-refractivity contribution >= 4 is 0 Å². The third kappa shape index (κ3) is 3.20. The van der Waals surface area contributed by atoms with Crippen LogP contribution in [0.5, 0.6) is 5.75 Å². The summed E-state index contributed by atoms with van der Waals surface area (Å²) < 4.78 is 5.89. The standard InChI is InChI=1S/C12H18N2O/c1-10-4-5-12(9-14-10)15-11-3-2-7-13-8-6-11/h4-5,9,11,13H,2-3,6-8H2,1H3. The van der Waals surface area contributed by atoms with Gasteiger partial charge in [-0.3, -0.25) is 4.98 Å². The Morgan fingerprint density at radius 3 is 3.07 bits per heavy atom. The van der Waals surface area contributed by atoms with E-state index in [1.54, 1.807) is 0 Å². The van der Waals surface area contributed by atoms with Crippen molar-refractivity contribution in [3.63, 3.8) is 0 Å². The summed E-state index contributed by atoms with van der Waals surface area (Å²) in [7, 11) is 0. The van der Waals surface area contributed by atoms with Crippen LogP contribution < -0.4 is 10.1 Å². The second-order valence-electron chi connectivity index (χ2n) is 4.06. The number of hydrogen-bond acceptors (Lipinski definition) is 3. The number of rotatable bonds is 2. The van der Waals surface area contributed by atoms with E-state index in [-0.39, 0.29) is 0 Å². The van der Waals surface area contributed by atoms with E-state index >= 15 is 0 Å². The van der Waals surface area contributed by atoms with Gasteiger partial charge in [0, 0.05) is 5.69 Å². The van der Waals surface area contributed by atoms with Gasteiger partial charge in [0.2, 0.25) is 0 Å². The molecule has 1 aliphatic heterocycles. The van der Waals surface area contributed by atoms with Crippen molar-refractivity contribution in [2.24, 2.45) is 0 Å². The van der Waals surface area contributed by atoms with Crippen molar-refractivity contribution in [2.45, 2.75) is 32.3 Å². The molecule has 0 spiro atoms. The largest absolute Gasteiger partial charge is 0.489 e. The van der Waals surface area contributed by atoms with Gasteiger partial charge in [-0.1, -0.05) is 0 Å². The Balaban J connectivity index is 1.92. The molecule has 1 aromatic rings. The normalized spacial score (nSPS) is 22.1. The summed E-state index contributed by atoms with van der Waals surface area (Å²) in [5.41, 5.74) is 1.03. The molecule has 0 radical (unpaired) electrons. The minimum Gasteiger partial charge on any atom is -0.489 e. The minimum atomic E-state index is 0.351. The number of aryl methyl sites for hydroxylation is 1. The van der Waals surface area contributed by atoms with Gasteiger partial charge in [0.1, 0.15) is 11.9 Å². The SMILES string of the molecule is Cc1ccc(OC2CCCNCC2)cn1. The predicted octanol–water partition coefficient (Wildman–Crippen LogP) is 1.91. The summed E-state index contributed by atoms with van der Waals surface area (Å²) in [4.78, 5) is 4.23. The fourth-order valence-electron chi connectivity index (χ4n) is 1.82. The van der Waals surface area contributed by atoms with Gasteiger partial charge in [0.15, 0.2) is 0 Å². The molecule has 1 unspecified atom stereocenters. The number of pyridine rings is 1. The molecule has 0 aromatic carbocycles. The van der Waals surface area contributed by atoms with Crippen LogP contribution in [0, 0.1) is 6.92 Å². The average Bonchev–Trinajstić information content (AvgIpc) is 2.50. The van der Waals surface area contributed by atoms with Crippen LogP contribution in [0.25, 0.3) is 0 Å². The van der Waals surface area contributed by atoms with Crippen LogP contribution in [0.3, 0.4) is 0 Å². The minimum absolute atomic E-state index is 0.351. The Bertz CT molecular complexity index is 289. The zero-order valence-corrected chi connectivity index (χ0v) is 9.20. The van der Waals surface area contributed by atoms with Gasteiger partial charge in [-0.2, -0.15) is 0 Å². The summed E-state index contributed by atoms with van der Waals surface area (Å²) >= 11 is 0. The Labute approximate surface area is 90.9 Å². The second kappa shape index (κ2) is 5.12. The molecule has 1 saturated heterocycles. The van der Waals surface area contributed by atoms with Crippen LogP contribution in [-0.4, -0.2) is 24.2 Å². The van der Waals surface area contributed by atoms with Crippen LogP contribution in [0.2, 0.25) is 0 Å². The number of aromatic nitrogens is 1. The van der Waals surface area contributed by atoms with E-state index in [1.165, 1.54) is 6.42 Å². The van der Waals surface area contributed by atoms with Crippen molar-refractivity contribution < 1.29 is 4.74 Å². The topological polar surface area (TPSA) is 34.1 Å². The Morgan fingerprint density at radius 2 is 2.27 bits per heavy atom. The first kappa shape index (κ1) is 10.4. The Morgan fingerprint density at radius 1 is 1.33 bits per heavy atom. The van der Waals surface area contributed by atoms with E-state index in [9.17, 15) is 0 Å². The number of ether oxygens (including phenoxy) is 1. The maximum atomic E-state index is 5.89. The summed E-state index contributed by atoms with van der Waals surface area (Å²) in [5, 5.41) is 3.38. The molecule has 15 heavy (non-hydrogen) atoms. The monoisotopic (exact) mass is 206 g/mol. The summed E-state index contributed by atoms with van der Waals surface area (Å²) in [6.45, 7) is 4.16. The van der Waals surface area contributed by atoms with E-state index in [0.717, 1.165) is 37.4 Å². The van der Waals surface area contributed by atoms with Crippen LogP contribution in [0.15, 0.2) is 18.3 Å². The van der Waals surface area contributed by atoms with E-state index < -0.39 is 0 Å². The molecule has 1 N–H and O–H groups in total. The van der Waals surface area contributed by atoms with Crippen molar-refractivity contribution in [2.75, 3.05) is 13.1 Å². The molecule has 1 atom stereocenters. The fourth-order valence-corrected chi connectivity index (χ4v) is 1.82. The molecular weight excluding hydrogens is 188 g/mol. The highest BCUT2D eigenvalue weighted by Gasteiger charge is 2.13. The Hall–Kier alpha value is -1.09. The highest BCUT2D eigenvalue weighted by molar-refractivity contribution is 5.19. The average molecular weight is 206 g/mol. The van der Waals surface area contributed by atoms with Gasteiger partial charge >= 0.3 is 0 Å². The van der Waals surface area contributed by atoms with Crippen LogP contribution in [0.4, 0.5) is 0 Å². The van der Waals surface area contributed by atoms with Crippen molar-refractivity contribution in [3.05, 3.63) is 24.0 Å². The van der Waals surface area contributed by atoms with Crippen molar-refractivity contribution in [1.82, 2.24) is 10.3 Å². The Kier molecular flexibility index (Phi) is 3.56. The van der Waals surface area contributed by atoms with Gasteiger partial charge in [0.05, 0.1) is 6.20 Å². The molecule has 0 aliphatic carbocycles. The van der Waals surface area contributed by atoms with Gasteiger partial charge in [-0.05, 0) is 51.4 Å². The lowest BCUT2D eigenvalue weighted by atomic mass is 10.1. The van der Waals surface area contributed by atoms with E-state index in [0.29, 0.717) is 6.10 Å². The zero-order valence-electron chi connectivity index (χ0n) is 9.20. The van der Waals surface area contributed by atoms with E-state index in [2.05, 4.69) is 10.3 Å². The molecule has 0 amide bonds. The highest BCUT2D eigenvalue weighted by Crippen LogP contribution is 2.16. The van der Waals surface area contributed by atoms with Crippen molar-refractivity contribution in [1.29, 1.82) is 0 Å². The number of hydrogen-bond donors (Lipinski definition) is 1. The van der Waals surface area contributed by atoms with Crippen LogP contribution in [-0.2, 0) is 0 Å². The molecule has 82 valence electrons. The molecular formula is C12H18N2O. The van der Waals surface area contributed by atoms with E-state index in [1.807, 2.05) is 25.3 Å². The van der Waals surface area contributed by atoms with Gasteiger partial charge in [0.25, 0.3) is 0 Å². The second-order valence-corrected chi connectivity index (χ2v) is 4.06. The molecule has 2 rings (SSSR count). The first-order chi connectivity index (χ1) is 7.34. The molecule has 1 aliphatic rings. The van der Waals surface area contributed by atoms with Gasteiger partial charge in [-0.25, -0.2) is 0 Å². The molecule has 3 heteroatoms. The molecule has 0 saturated carbocycles. The molecule has 2 heterocycles. The van der Waals surface area contributed by atoms with Crippen LogP contribution in [0.1, 0.15) is 25.0 Å².